The maximum absolute atomic E-state index is 13.7. The van der Waals surface area contributed by atoms with Crippen molar-refractivity contribution in [3.63, 3.8) is 0 Å². The molecule has 0 heterocycles. The van der Waals surface area contributed by atoms with E-state index in [0.717, 1.165) is 17.8 Å². The minimum Gasteiger partial charge on any atom is -0.478 e. The maximum atomic E-state index is 13.7. The van der Waals surface area contributed by atoms with E-state index in [1.165, 1.54) is 17.7 Å². The van der Waals surface area contributed by atoms with Gasteiger partial charge < -0.3 is 10.0 Å². The lowest BCUT2D eigenvalue weighted by atomic mass is 10.1. The molecule has 2 aromatic carbocycles. The molecule has 0 atom stereocenters. The Morgan fingerprint density at radius 3 is 2.38 bits per heavy atom. The van der Waals surface area contributed by atoms with Gasteiger partial charge in [0.05, 0.1) is 5.56 Å². The fourth-order valence-electron chi connectivity index (χ4n) is 2.19. The zero-order valence-corrected chi connectivity index (χ0v) is 12.1. The largest absolute Gasteiger partial charge is 0.478 e. The van der Waals surface area contributed by atoms with Gasteiger partial charge in [-0.05, 0) is 43.7 Å². The average Bonchev–Trinajstić information content (AvgIpc) is 2.45. The van der Waals surface area contributed by atoms with E-state index in [0.29, 0.717) is 6.54 Å². The molecule has 0 unspecified atom stereocenters. The number of hydrogen-bond acceptors (Lipinski definition) is 2. The maximum Gasteiger partial charge on any atom is 0.338 e. The fourth-order valence-corrected chi connectivity index (χ4v) is 2.19. The number of benzene rings is 2. The minimum absolute atomic E-state index is 0.294. The Morgan fingerprint density at radius 1 is 1.19 bits per heavy atom. The Hall–Kier alpha value is -2.36. The second kappa shape index (κ2) is 6.39. The number of halogens is 1. The van der Waals surface area contributed by atoms with Gasteiger partial charge in [-0.3, -0.25) is 0 Å². The molecule has 2 aromatic rings. The molecule has 2 rings (SSSR count). The van der Waals surface area contributed by atoms with Crippen LogP contribution in [0.4, 0.5) is 10.1 Å². The van der Waals surface area contributed by atoms with Crippen LogP contribution in [0.5, 0.6) is 0 Å². The molecule has 3 nitrogen and oxygen atoms in total. The van der Waals surface area contributed by atoms with Crippen molar-refractivity contribution in [2.24, 2.45) is 0 Å². The molecule has 0 spiro atoms. The number of anilines is 1. The first-order chi connectivity index (χ1) is 10.0. The third kappa shape index (κ3) is 3.60. The first-order valence-corrected chi connectivity index (χ1v) is 6.84. The predicted molar refractivity (Wildman–Crippen MR) is 81.3 cm³/mol. The number of aryl methyl sites for hydroxylation is 1. The molecule has 0 aliphatic rings. The third-order valence-corrected chi connectivity index (χ3v) is 3.42. The summed E-state index contributed by atoms with van der Waals surface area (Å²) in [6, 6.07) is 12.4. The van der Waals surface area contributed by atoms with Crippen LogP contribution in [0.2, 0.25) is 0 Å². The van der Waals surface area contributed by atoms with E-state index in [4.69, 9.17) is 5.11 Å². The molecule has 4 heteroatoms. The van der Waals surface area contributed by atoms with Gasteiger partial charge in [0.1, 0.15) is 5.82 Å². The monoisotopic (exact) mass is 287 g/mol. The standard InChI is InChI=1S/C17H18FNO2/c1-3-19(14-7-4-12(2)5-8-14)11-13-6-9-15(17(20)21)16(18)10-13/h4-10H,3,11H2,1-2H3,(H,20,21). The number of carbonyl (C=O) groups is 1. The summed E-state index contributed by atoms with van der Waals surface area (Å²) in [5.74, 6) is -1.94. The molecule has 110 valence electrons. The Morgan fingerprint density at radius 2 is 1.86 bits per heavy atom. The van der Waals surface area contributed by atoms with E-state index in [1.54, 1.807) is 6.07 Å². The normalized spacial score (nSPS) is 10.4. The van der Waals surface area contributed by atoms with Crippen molar-refractivity contribution in [3.8, 4) is 0 Å². The van der Waals surface area contributed by atoms with Crippen molar-refractivity contribution in [2.75, 3.05) is 11.4 Å². The highest BCUT2D eigenvalue weighted by Gasteiger charge is 2.12. The van der Waals surface area contributed by atoms with E-state index < -0.39 is 11.8 Å². The van der Waals surface area contributed by atoms with Gasteiger partial charge in [-0.25, -0.2) is 9.18 Å². The van der Waals surface area contributed by atoms with E-state index in [9.17, 15) is 9.18 Å². The van der Waals surface area contributed by atoms with Gasteiger partial charge in [-0.2, -0.15) is 0 Å². The van der Waals surface area contributed by atoms with Crippen molar-refractivity contribution in [2.45, 2.75) is 20.4 Å². The van der Waals surface area contributed by atoms with E-state index in [1.807, 2.05) is 38.1 Å². The second-order valence-electron chi connectivity index (χ2n) is 4.97. The summed E-state index contributed by atoms with van der Waals surface area (Å²) in [7, 11) is 0. The molecular formula is C17H18FNO2. The number of carboxylic acid groups (broad SMARTS) is 1. The summed E-state index contributed by atoms with van der Waals surface area (Å²) in [5, 5.41) is 8.84. The van der Waals surface area contributed by atoms with Gasteiger partial charge >= 0.3 is 5.97 Å². The lowest BCUT2D eigenvalue weighted by Crippen LogP contribution is -2.22. The Bertz CT molecular complexity index is 638. The average molecular weight is 287 g/mol. The van der Waals surface area contributed by atoms with Crippen LogP contribution in [0, 0.1) is 12.7 Å². The van der Waals surface area contributed by atoms with Crippen molar-refractivity contribution in [1.82, 2.24) is 0 Å². The molecule has 21 heavy (non-hydrogen) atoms. The van der Waals surface area contributed by atoms with E-state index >= 15 is 0 Å². The highest BCUT2D eigenvalue weighted by Crippen LogP contribution is 2.19. The van der Waals surface area contributed by atoms with Crippen LogP contribution in [0.3, 0.4) is 0 Å². The zero-order valence-electron chi connectivity index (χ0n) is 12.1. The summed E-state index contributed by atoms with van der Waals surface area (Å²) >= 11 is 0. The molecule has 0 bridgehead atoms. The topological polar surface area (TPSA) is 40.5 Å². The van der Waals surface area contributed by atoms with Crippen molar-refractivity contribution >= 4 is 11.7 Å². The van der Waals surface area contributed by atoms with Crippen LogP contribution in [0.15, 0.2) is 42.5 Å². The van der Waals surface area contributed by atoms with Crippen LogP contribution < -0.4 is 4.90 Å². The lowest BCUT2D eigenvalue weighted by molar-refractivity contribution is 0.0692. The van der Waals surface area contributed by atoms with Crippen molar-refractivity contribution < 1.29 is 14.3 Å². The van der Waals surface area contributed by atoms with Crippen molar-refractivity contribution in [1.29, 1.82) is 0 Å². The summed E-state index contributed by atoms with van der Waals surface area (Å²) in [6.45, 7) is 5.38. The number of aromatic carboxylic acids is 1. The first kappa shape index (κ1) is 15.0. The molecule has 0 radical (unpaired) electrons. The van der Waals surface area contributed by atoms with Gasteiger partial charge in [0.2, 0.25) is 0 Å². The van der Waals surface area contributed by atoms with Gasteiger partial charge in [-0.15, -0.1) is 0 Å². The highest BCUT2D eigenvalue weighted by atomic mass is 19.1. The molecule has 0 aliphatic carbocycles. The van der Waals surface area contributed by atoms with E-state index in [2.05, 4.69) is 4.90 Å². The van der Waals surface area contributed by atoms with Crippen LogP contribution >= 0.6 is 0 Å². The van der Waals surface area contributed by atoms with Crippen LogP contribution in [-0.2, 0) is 6.54 Å². The minimum atomic E-state index is -1.25. The van der Waals surface area contributed by atoms with Crippen LogP contribution in [0.25, 0.3) is 0 Å². The number of nitrogens with zero attached hydrogens (tertiary/aromatic N) is 1. The predicted octanol–water partition coefficient (Wildman–Crippen LogP) is 3.86. The molecule has 0 aliphatic heterocycles. The summed E-state index contributed by atoms with van der Waals surface area (Å²) in [4.78, 5) is 12.9. The smallest absolute Gasteiger partial charge is 0.338 e. The first-order valence-electron chi connectivity index (χ1n) is 6.84. The molecule has 1 N–H and O–H groups in total. The Balaban J connectivity index is 2.20. The molecule has 0 saturated heterocycles. The van der Waals surface area contributed by atoms with Crippen LogP contribution in [0.1, 0.15) is 28.4 Å². The molecule has 0 amide bonds. The number of hydrogen-bond donors (Lipinski definition) is 1. The van der Waals surface area contributed by atoms with Gasteiger partial charge in [0, 0.05) is 18.8 Å². The summed E-state index contributed by atoms with van der Waals surface area (Å²) in [6.07, 6.45) is 0. The summed E-state index contributed by atoms with van der Waals surface area (Å²) in [5.41, 5.74) is 2.70. The quantitative estimate of drug-likeness (QED) is 0.907. The van der Waals surface area contributed by atoms with E-state index in [-0.39, 0.29) is 5.56 Å². The molecule has 0 aromatic heterocycles. The summed E-state index contributed by atoms with van der Waals surface area (Å²) < 4.78 is 13.7. The van der Waals surface area contributed by atoms with Gasteiger partial charge in [-0.1, -0.05) is 23.8 Å². The lowest BCUT2D eigenvalue weighted by Gasteiger charge is -2.23. The second-order valence-corrected chi connectivity index (χ2v) is 4.97. The Kier molecular flexibility index (Phi) is 4.58. The van der Waals surface area contributed by atoms with Gasteiger partial charge in [0.15, 0.2) is 0 Å². The van der Waals surface area contributed by atoms with Crippen molar-refractivity contribution in [3.05, 3.63) is 65.0 Å². The molecule has 0 saturated carbocycles. The fraction of sp³-hybridized carbons (Fsp3) is 0.235. The number of carboxylic acids is 1. The highest BCUT2D eigenvalue weighted by molar-refractivity contribution is 5.87. The Labute approximate surface area is 123 Å². The third-order valence-electron chi connectivity index (χ3n) is 3.42. The SMILES string of the molecule is CCN(Cc1ccc(C(=O)O)c(F)c1)c1ccc(C)cc1. The van der Waals surface area contributed by atoms with Gasteiger partial charge in [0.25, 0.3) is 0 Å². The molecule has 0 fully saturated rings. The van der Waals surface area contributed by atoms with Crippen LogP contribution in [-0.4, -0.2) is 17.6 Å². The zero-order chi connectivity index (χ0) is 15.4. The molecular weight excluding hydrogens is 269 g/mol. The number of rotatable bonds is 5.